The first kappa shape index (κ1) is 16.9. The minimum atomic E-state index is -3.10. The molecule has 0 saturated carbocycles. The highest BCUT2D eigenvalue weighted by Crippen LogP contribution is 2.18. The third-order valence-electron chi connectivity index (χ3n) is 4.87. The first-order valence-corrected chi connectivity index (χ1v) is 10.2. The van der Waals surface area contributed by atoms with Gasteiger partial charge in [0.15, 0.2) is 9.84 Å². The molecule has 2 fully saturated rings. The second-order valence-electron chi connectivity index (χ2n) is 6.57. The number of rotatable bonds is 4. The van der Waals surface area contributed by atoms with Crippen molar-refractivity contribution in [3.8, 4) is 0 Å². The predicted octanol–water partition coefficient (Wildman–Crippen LogP) is 1.39. The van der Waals surface area contributed by atoms with Gasteiger partial charge in [-0.2, -0.15) is 0 Å². The van der Waals surface area contributed by atoms with Crippen LogP contribution in [0.25, 0.3) is 0 Å². The van der Waals surface area contributed by atoms with Crippen LogP contribution >= 0.6 is 0 Å². The minimum absolute atomic E-state index is 0.394. The zero-order valence-corrected chi connectivity index (χ0v) is 14.6. The van der Waals surface area contributed by atoms with Crippen molar-refractivity contribution in [1.82, 2.24) is 9.80 Å². The molecule has 2 saturated heterocycles. The Bertz CT molecular complexity index is 601. The molecule has 23 heavy (non-hydrogen) atoms. The first-order chi connectivity index (χ1) is 11.0. The number of hydrogen-bond donors (Lipinski definition) is 0. The van der Waals surface area contributed by atoms with Gasteiger partial charge in [-0.15, -0.1) is 0 Å². The molecule has 2 aliphatic rings. The molecule has 2 aliphatic heterocycles. The fourth-order valence-corrected chi connectivity index (χ4v) is 4.07. The second kappa shape index (κ2) is 7.30. The van der Waals surface area contributed by atoms with E-state index in [1.54, 1.807) is 12.1 Å². The lowest BCUT2D eigenvalue weighted by atomic mass is 10.1. The van der Waals surface area contributed by atoms with Gasteiger partial charge in [-0.25, -0.2) is 8.42 Å². The maximum Gasteiger partial charge on any atom is 0.175 e. The zero-order valence-electron chi connectivity index (χ0n) is 13.8. The van der Waals surface area contributed by atoms with E-state index in [4.69, 9.17) is 4.74 Å². The SMILES string of the molecule is CS(=O)(=O)c1ccc(CN2CCN(C3CCOCC3)CC2)cc1. The van der Waals surface area contributed by atoms with Crippen LogP contribution in [0.3, 0.4) is 0 Å². The molecule has 0 N–H and O–H groups in total. The average molecular weight is 338 g/mol. The summed E-state index contributed by atoms with van der Waals surface area (Å²) >= 11 is 0. The van der Waals surface area contributed by atoms with Gasteiger partial charge in [-0.05, 0) is 30.5 Å². The first-order valence-electron chi connectivity index (χ1n) is 8.35. The third kappa shape index (κ3) is 4.53. The van der Waals surface area contributed by atoms with Crippen LogP contribution in [0.1, 0.15) is 18.4 Å². The van der Waals surface area contributed by atoms with Gasteiger partial charge in [0, 0.05) is 58.2 Å². The summed E-state index contributed by atoms with van der Waals surface area (Å²) in [7, 11) is -3.10. The van der Waals surface area contributed by atoms with Crippen LogP contribution in [0.4, 0.5) is 0 Å². The van der Waals surface area contributed by atoms with E-state index in [1.807, 2.05) is 12.1 Å². The minimum Gasteiger partial charge on any atom is -0.381 e. The van der Waals surface area contributed by atoms with Crippen molar-refractivity contribution in [2.45, 2.75) is 30.3 Å². The summed E-state index contributed by atoms with van der Waals surface area (Å²) in [6.07, 6.45) is 3.57. The lowest BCUT2D eigenvalue weighted by Gasteiger charge is -2.40. The Kier molecular flexibility index (Phi) is 5.36. The van der Waals surface area contributed by atoms with Gasteiger partial charge in [-0.3, -0.25) is 9.80 Å². The van der Waals surface area contributed by atoms with E-state index in [0.717, 1.165) is 58.8 Å². The highest BCUT2D eigenvalue weighted by molar-refractivity contribution is 7.90. The fraction of sp³-hybridized carbons (Fsp3) is 0.647. The topological polar surface area (TPSA) is 49.9 Å². The van der Waals surface area contributed by atoms with Gasteiger partial charge < -0.3 is 4.74 Å². The molecule has 0 radical (unpaired) electrons. The normalized spacial score (nSPS) is 22.3. The molecule has 0 bridgehead atoms. The van der Waals surface area contributed by atoms with Crippen molar-refractivity contribution in [2.75, 3.05) is 45.6 Å². The van der Waals surface area contributed by atoms with Crippen molar-refractivity contribution < 1.29 is 13.2 Å². The number of piperazine rings is 1. The van der Waals surface area contributed by atoms with E-state index in [0.29, 0.717) is 10.9 Å². The molecule has 0 atom stereocenters. The fourth-order valence-electron chi connectivity index (χ4n) is 3.44. The van der Waals surface area contributed by atoms with E-state index < -0.39 is 9.84 Å². The maximum absolute atomic E-state index is 11.5. The van der Waals surface area contributed by atoms with Crippen LogP contribution in [0.2, 0.25) is 0 Å². The van der Waals surface area contributed by atoms with Crippen molar-refractivity contribution in [3.05, 3.63) is 29.8 Å². The second-order valence-corrected chi connectivity index (χ2v) is 8.59. The van der Waals surface area contributed by atoms with Gasteiger partial charge >= 0.3 is 0 Å². The van der Waals surface area contributed by atoms with Gasteiger partial charge in [0.1, 0.15) is 0 Å². The molecule has 0 aliphatic carbocycles. The largest absolute Gasteiger partial charge is 0.381 e. The van der Waals surface area contributed by atoms with Crippen LogP contribution in [0.5, 0.6) is 0 Å². The smallest absolute Gasteiger partial charge is 0.175 e. The highest BCUT2D eigenvalue weighted by Gasteiger charge is 2.25. The molecule has 0 aromatic heterocycles. The Labute approximate surface area is 139 Å². The van der Waals surface area contributed by atoms with E-state index in [-0.39, 0.29) is 0 Å². The van der Waals surface area contributed by atoms with Crippen molar-refractivity contribution in [2.24, 2.45) is 0 Å². The lowest BCUT2D eigenvalue weighted by Crippen LogP contribution is -2.51. The Hall–Kier alpha value is -0.950. The molecule has 0 unspecified atom stereocenters. The van der Waals surface area contributed by atoms with E-state index in [2.05, 4.69) is 9.80 Å². The summed E-state index contributed by atoms with van der Waals surface area (Å²) in [5.74, 6) is 0. The molecule has 128 valence electrons. The van der Waals surface area contributed by atoms with E-state index in [9.17, 15) is 8.42 Å². The lowest BCUT2D eigenvalue weighted by molar-refractivity contribution is 0.0126. The quantitative estimate of drug-likeness (QED) is 0.830. The molecular weight excluding hydrogens is 312 g/mol. The number of benzene rings is 1. The molecule has 0 amide bonds. The van der Waals surface area contributed by atoms with Gasteiger partial charge in [0.05, 0.1) is 4.90 Å². The van der Waals surface area contributed by atoms with Crippen LogP contribution in [0, 0.1) is 0 Å². The maximum atomic E-state index is 11.5. The third-order valence-corrected chi connectivity index (χ3v) is 6.00. The van der Waals surface area contributed by atoms with Crippen molar-refractivity contribution in [3.63, 3.8) is 0 Å². The van der Waals surface area contributed by atoms with E-state index in [1.165, 1.54) is 11.8 Å². The average Bonchev–Trinajstić information content (AvgIpc) is 2.56. The summed E-state index contributed by atoms with van der Waals surface area (Å²) in [5.41, 5.74) is 1.18. The molecule has 1 aromatic carbocycles. The van der Waals surface area contributed by atoms with Gasteiger partial charge in [0.2, 0.25) is 0 Å². The molecule has 6 heteroatoms. The summed E-state index contributed by atoms with van der Waals surface area (Å²) < 4.78 is 28.4. The Morgan fingerprint density at radius 3 is 2.22 bits per heavy atom. The van der Waals surface area contributed by atoms with Gasteiger partial charge in [-0.1, -0.05) is 12.1 Å². The molecular formula is C17H26N2O3S. The molecule has 2 heterocycles. The van der Waals surface area contributed by atoms with Crippen LogP contribution < -0.4 is 0 Å². The summed E-state index contributed by atoms with van der Waals surface area (Å²) in [6.45, 7) is 7.08. The number of sulfone groups is 1. The van der Waals surface area contributed by atoms with Crippen molar-refractivity contribution in [1.29, 1.82) is 0 Å². The molecule has 0 spiro atoms. The predicted molar refractivity (Wildman–Crippen MR) is 90.2 cm³/mol. The number of hydrogen-bond acceptors (Lipinski definition) is 5. The zero-order chi connectivity index (χ0) is 16.3. The Morgan fingerprint density at radius 2 is 1.65 bits per heavy atom. The monoisotopic (exact) mass is 338 g/mol. The molecule has 5 nitrogen and oxygen atoms in total. The van der Waals surface area contributed by atoms with E-state index >= 15 is 0 Å². The summed E-state index contributed by atoms with van der Waals surface area (Å²) in [4.78, 5) is 5.45. The van der Waals surface area contributed by atoms with Crippen LogP contribution in [-0.4, -0.2) is 69.9 Å². The van der Waals surface area contributed by atoms with Crippen LogP contribution in [0.15, 0.2) is 29.2 Å². The highest BCUT2D eigenvalue weighted by atomic mass is 32.2. The number of ether oxygens (including phenoxy) is 1. The number of nitrogens with zero attached hydrogens (tertiary/aromatic N) is 2. The Morgan fingerprint density at radius 1 is 1.04 bits per heavy atom. The standard InChI is InChI=1S/C17H26N2O3S/c1-23(20,21)17-4-2-15(3-5-17)14-18-8-10-19(11-9-18)16-6-12-22-13-7-16/h2-5,16H,6-14H2,1H3. The molecule has 1 aromatic rings. The van der Waals surface area contributed by atoms with Crippen molar-refractivity contribution >= 4 is 9.84 Å². The Balaban J connectivity index is 1.50. The molecule has 3 rings (SSSR count). The van der Waals surface area contributed by atoms with Gasteiger partial charge in [0.25, 0.3) is 0 Å². The summed E-state index contributed by atoms with van der Waals surface area (Å²) in [6, 6.07) is 7.98. The summed E-state index contributed by atoms with van der Waals surface area (Å²) in [5, 5.41) is 0. The van der Waals surface area contributed by atoms with Crippen LogP contribution in [-0.2, 0) is 21.1 Å².